The molecule has 126 valence electrons. The van der Waals surface area contributed by atoms with Crippen LogP contribution in [0.25, 0.3) is 0 Å². The maximum Gasteiger partial charge on any atom is 0.220 e. The Kier molecular flexibility index (Phi) is 7.24. The molecule has 1 aliphatic rings. The number of hydrogen-bond donors (Lipinski definition) is 1. The van der Waals surface area contributed by atoms with Crippen LogP contribution in [0.3, 0.4) is 0 Å². The molecule has 2 rings (SSSR count). The van der Waals surface area contributed by atoms with Gasteiger partial charge in [0.05, 0.1) is 0 Å². The molecule has 1 unspecified atom stereocenters. The van der Waals surface area contributed by atoms with Crippen molar-refractivity contribution in [1.29, 1.82) is 0 Å². The minimum absolute atomic E-state index is 0.0413. The molecular formula is C18H25BrN2O2. The van der Waals surface area contributed by atoms with Crippen molar-refractivity contribution in [3.8, 4) is 0 Å². The van der Waals surface area contributed by atoms with Crippen molar-refractivity contribution >= 4 is 27.6 Å². The Morgan fingerprint density at radius 3 is 2.48 bits per heavy atom. The Bertz CT molecular complexity index is 524. The van der Waals surface area contributed by atoms with E-state index >= 15 is 0 Å². The SMILES string of the molecule is CC(CNC(=O)CCCC(=O)c1ccc(Br)cc1)N1CCCC1. The summed E-state index contributed by atoms with van der Waals surface area (Å²) in [6, 6.07) is 7.74. The van der Waals surface area contributed by atoms with Crippen molar-refractivity contribution in [3.63, 3.8) is 0 Å². The first kappa shape index (κ1) is 18.1. The summed E-state index contributed by atoms with van der Waals surface area (Å²) >= 11 is 3.35. The molecule has 1 aromatic rings. The second kappa shape index (κ2) is 9.18. The zero-order chi connectivity index (χ0) is 16.7. The van der Waals surface area contributed by atoms with Crippen LogP contribution in [0.15, 0.2) is 28.7 Å². The molecule has 0 aliphatic carbocycles. The van der Waals surface area contributed by atoms with Crippen LogP contribution in [0.5, 0.6) is 0 Å². The van der Waals surface area contributed by atoms with Gasteiger partial charge in [0.15, 0.2) is 5.78 Å². The highest BCUT2D eigenvalue weighted by atomic mass is 79.9. The fourth-order valence-corrected chi connectivity index (χ4v) is 3.12. The van der Waals surface area contributed by atoms with Crippen LogP contribution in [0.1, 0.15) is 49.4 Å². The highest BCUT2D eigenvalue weighted by Gasteiger charge is 2.18. The van der Waals surface area contributed by atoms with Gasteiger partial charge in [0.1, 0.15) is 0 Å². The van der Waals surface area contributed by atoms with E-state index in [4.69, 9.17) is 0 Å². The summed E-state index contributed by atoms with van der Waals surface area (Å²) in [6.45, 7) is 5.12. The van der Waals surface area contributed by atoms with Crippen LogP contribution in [-0.4, -0.2) is 42.3 Å². The van der Waals surface area contributed by atoms with Crippen molar-refractivity contribution in [2.45, 2.75) is 45.1 Å². The number of hydrogen-bond acceptors (Lipinski definition) is 3. The van der Waals surface area contributed by atoms with Crippen LogP contribution < -0.4 is 5.32 Å². The summed E-state index contributed by atoms with van der Waals surface area (Å²) in [5.41, 5.74) is 0.705. The van der Waals surface area contributed by atoms with E-state index in [2.05, 4.69) is 33.1 Å². The molecule has 0 radical (unpaired) electrons. The van der Waals surface area contributed by atoms with Gasteiger partial charge in [-0.05, 0) is 51.4 Å². The minimum atomic E-state index is 0.0413. The maximum atomic E-state index is 12.0. The molecule has 23 heavy (non-hydrogen) atoms. The van der Waals surface area contributed by atoms with Gasteiger partial charge >= 0.3 is 0 Å². The lowest BCUT2D eigenvalue weighted by Gasteiger charge is -2.23. The minimum Gasteiger partial charge on any atom is -0.355 e. The molecule has 0 spiro atoms. The predicted octanol–water partition coefficient (Wildman–Crippen LogP) is 3.40. The zero-order valence-electron chi connectivity index (χ0n) is 13.7. The third-order valence-electron chi connectivity index (χ3n) is 4.33. The second-order valence-corrected chi connectivity index (χ2v) is 7.10. The molecule has 1 N–H and O–H groups in total. The number of likely N-dealkylation sites (tertiary alicyclic amines) is 1. The highest BCUT2D eigenvalue weighted by molar-refractivity contribution is 9.10. The summed E-state index contributed by atoms with van der Waals surface area (Å²) in [6.07, 6.45) is 3.94. The number of benzene rings is 1. The van der Waals surface area contributed by atoms with Crippen LogP contribution in [0.4, 0.5) is 0 Å². The zero-order valence-corrected chi connectivity index (χ0v) is 15.3. The Hall–Kier alpha value is -1.20. The molecule has 0 saturated carbocycles. The number of carbonyl (C=O) groups is 2. The van der Waals surface area contributed by atoms with Gasteiger partial charge in [-0.2, -0.15) is 0 Å². The summed E-state index contributed by atoms with van der Waals surface area (Å²) in [4.78, 5) is 26.3. The average molecular weight is 381 g/mol. The van der Waals surface area contributed by atoms with Crippen molar-refractivity contribution < 1.29 is 9.59 Å². The van der Waals surface area contributed by atoms with Crippen LogP contribution >= 0.6 is 15.9 Å². The number of carbonyl (C=O) groups excluding carboxylic acids is 2. The van der Waals surface area contributed by atoms with Gasteiger partial charge in [0.2, 0.25) is 5.91 Å². The van der Waals surface area contributed by atoms with Crippen molar-refractivity contribution in [1.82, 2.24) is 10.2 Å². The number of Topliss-reactive ketones (excluding diaryl/α,β-unsaturated/α-hetero) is 1. The van der Waals surface area contributed by atoms with E-state index < -0.39 is 0 Å². The van der Waals surface area contributed by atoms with Crippen LogP contribution in [0, 0.1) is 0 Å². The molecule has 1 fully saturated rings. The number of amides is 1. The summed E-state index contributed by atoms with van der Waals surface area (Å²) in [7, 11) is 0. The van der Waals surface area contributed by atoms with Gasteiger partial charge in [0, 0.05) is 35.5 Å². The first-order valence-corrected chi connectivity index (χ1v) is 9.15. The number of nitrogens with one attached hydrogen (secondary N) is 1. The smallest absolute Gasteiger partial charge is 0.220 e. The lowest BCUT2D eigenvalue weighted by Crippen LogP contribution is -2.40. The molecule has 0 aromatic heterocycles. The van der Waals surface area contributed by atoms with Crippen molar-refractivity contribution in [2.75, 3.05) is 19.6 Å². The van der Waals surface area contributed by atoms with E-state index in [0.29, 0.717) is 37.4 Å². The summed E-state index contributed by atoms with van der Waals surface area (Å²) in [5.74, 6) is 0.135. The quantitative estimate of drug-likeness (QED) is 0.703. The largest absolute Gasteiger partial charge is 0.355 e. The topological polar surface area (TPSA) is 49.4 Å². The van der Waals surface area contributed by atoms with E-state index in [-0.39, 0.29) is 11.7 Å². The number of ketones is 1. The Morgan fingerprint density at radius 1 is 1.17 bits per heavy atom. The Labute approximate surface area is 146 Å². The summed E-state index contributed by atoms with van der Waals surface area (Å²) in [5, 5.41) is 2.98. The standard InChI is InChI=1S/C18H25BrN2O2/c1-14(21-11-2-3-12-21)13-20-18(23)6-4-5-17(22)15-7-9-16(19)10-8-15/h7-10,14H,2-6,11-13H2,1H3,(H,20,23). The fraction of sp³-hybridized carbons (Fsp3) is 0.556. The molecule has 1 atom stereocenters. The lowest BCUT2D eigenvalue weighted by molar-refractivity contribution is -0.121. The van der Waals surface area contributed by atoms with E-state index in [1.165, 1.54) is 12.8 Å². The van der Waals surface area contributed by atoms with Gasteiger partial charge in [-0.15, -0.1) is 0 Å². The molecule has 1 aromatic carbocycles. The monoisotopic (exact) mass is 380 g/mol. The first-order valence-electron chi connectivity index (χ1n) is 8.36. The molecule has 4 nitrogen and oxygen atoms in total. The molecule has 1 amide bonds. The highest BCUT2D eigenvalue weighted by Crippen LogP contribution is 2.13. The van der Waals surface area contributed by atoms with E-state index in [1.807, 2.05) is 24.3 Å². The maximum absolute atomic E-state index is 12.0. The normalized spacial score (nSPS) is 16.3. The lowest BCUT2D eigenvalue weighted by atomic mass is 10.1. The Morgan fingerprint density at radius 2 is 1.83 bits per heavy atom. The third kappa shape index (κ3) is 6.07. The third-order valence-corrected chi connectivity index (χ3v) is 4.86. The van der Waals surface area contributed by atoms with Gasteiger partial charge in [-0.1, -0.05) is 28.1 Å². The molecule has 1 heterocycles. The van der Waals surface area contributed by atoms with Crippen LogP contribution in [-0.2, 0) is 4.79 Å². The fourth-order valence-electron chi connectivity index (χ4n) is 2.85. The van der Waals surface area contributed by atoms with Crippen LogP contribution in [0.2, 0.25) is 0 Å². The van der Waals surface area contributed by atoms with Gasteiger partial charge in [0.25, 0.3) is 0 Å². The second-order valence-electron chi connectivity index (χ2n) is 6.18. The molecule has 0 bridgehead atoms. The van der Waals surface area contributed by atoms with Gasteiger partial charge in [-0.3, -0.25) is 14.5 Å². The van der Waals surface area contributed by atoms with Crippen molar-refractivity contribution in [2.24, 2.45) is 0 Å². The molecule has 1 aliphatic heterocycles. The van der Waals surface area contributed by atoms with Gasteiger partial charge < -0.3 is 5.32 Å². The average Bonchev–Trinajstić information content (AvgIpc) is 3.07. The van der Waals surface area contributed by atoms with Gasteiger partial charge in [-0.25, -0.2) is 0 Å². The summed E-state index contributed by atoms with van der Waals surface area (Å²) < 4.78 is 0.959. The van der Waals surface area contributed by atoms with E-state index in [0.717, 1.165) is 17.6 Å². The number of rotatable bonds is 8. The van der Waals surface area contributed by atoms with E-state index in [9.17, 15) is 9.59 Å². The predicted molar refractivity (Wildman–Crippen MR) is 95.6 cm³/mol. The van der Waals surface area contributed by atoms with Crippen molar-refractivity contribution in [3.05, 3.63) is 34.3 Å². The number of nitrogens with zero attached hydrogens (tertiary/aromatic N) is 1. The number of halogens is 1. The van der Waals surface area contributed by atoms with E-state index in [1.54, 1.807) is 0 Å². The first-order chi connectivity index (χ1) is 11.1. The molecular weight excluding hydrogens is 356 g/mol. The molecule has 5 heteroatoms. The Balaban J connectivity index is 1.62. The molecule has 1 saturated heterocycles.